The summed E-state index contributed by atoms with van der Waals surface area (Å²) in [7, 11) is 0. The van der Waals surface area contributed by atoms with Crippen LogP contribution < -0.4 is 5.32 Å². The van der Waals surface area contributed by atoms with Gasteiger partial charge in [-0.25, -0.2) is 0 Å². The van der Waals surface area contributed by atoms with E-state index in [0.717, 1.165) is 0 Å². The van der Waals surface area contributed by atoms with E-state index >= 15 is 0 Å². The van der Waals surface area contributed by atoms with Gasteiger partial charge in [0, 0.05) is 13.1 Å². The molecule has 0 amide bonds. The van der Waals surface area contributed by atoms with E-state index in [2.05, 4.69) is 5.32 Å². The molecule has 0 aromatic heterocycles. The summed E-state index contributed by atoms with van der Waals surface area (Å²) in [6, 6.07) is 2.59. The lowest BCUT2D eigenvalue weighted by Gasteiger charge is -2.06. The maximum Gasteiger partial charge on any atom is 0.304 e. The Bertz CT molecular complexity index is 368. The maximum absolute atomic E-state index is 10.2. The van der Waals surface area contributed by atoms with E-state index < -0.39 is 23.2 Å². The van der Waals surface area contributed by atoms with E-state index in [4.69, 9.17) is 10.2 Å². The van der Waals surface area contributed by atoms with E-state index in [1.807, 2.05) is 0 Å². The Morgan fingerprint density at radius 2 is 1.75 bits per heavy atom. The highest BCUT2D eigenvalue weighted by atomic mass is 16.4. The molecule has 1 rings (SSSR count). The van der Waals surface area contributed by atoms with Gasteiger partial charge in [-0.3, -0.25) is 4.79 Å². The Kier molecular flexibility index (Phi) is 3.96. The van der Waals surface area contributed by atoms with Gasteiger partial charge in [-0.05, 0) is 17.7 Å². The van der Waals surface area contributed by atoms with Crippen LogP contribution in [0, 0.1) is 0 Å². The van der Waals surface area contributed by atoms with Crippen LogP contribution in [0.1, 0.15) is 12.0 Å². The number of phenolic OH excluding ortho intramolecular Hbond substituents is 3. The third kappa shape index (κ3) is 3.32. The van der Waals surface area contributed by atoms with Crippen molar-refractivity contribution in [2.45, 2.75) is 13.0 Å². The van der Waals surface area contributed by atoms with Crippen molar-refractivity contribution in [3.63, 3.8) is 0 Å². The van der Waals surface area contributed by atoms with Crippen LogP contribution in [0.2, 0.25) is 0 Å². The molecule has 0 bridgehead atoms. The van der Waals surface area contributed by atoms with Crippen LogP contribution in [0.15, 0.2) is 12.1 Å². The zero-order chi connectivity index (χ0) is 12.1. The molecule has 0 aliphatic rings. The number of aromatic hydroxyl groups is 3. The minimum absolute atomic E-state index is 0.00392. The van der Waals surface area contributed by atoms with Gasteiger partial charge in [0.1, 0.15) is 0 Å². The Balaban J connectivity index is 2.52. The molecule has 0 saturated heterocycles. The molecule has 0 fully saturated rings. The first-order chi connectivity index (χ1) is 7.50. The summed E-state index contributed by atoms with van der Waals surface area (Å²) >= 11 is 0. The molecule has 0 unspecified atom stereocenters. The van der Waals surface area contributed by atoms with Crippen molar-refractivity contribution in [3.8, 4) is 17.2 Å². The highest BCUT2D eigenvalue weighted by molar-refractivity contribution is 5.66. The minimum atomic E-state index is -0.899. The average Bonchev–Trinajstić information content (AvgIpc) is 2.20. The van der Waals surface area contributed by atoms with Crippen molar-refractivity contribution in [2.24, 2.45) is 0 Å². The van der Waals surface area contributed by atoms with Crippen LogP contribution >= 0.6 is 0 Å². The van der Waals surface area contributed by atoms with Gasteiger partial charge in [-0.15, -0.1) is 0 Å². The Morgan fingerprint density at radius 3 is 2.25 bits per heavy atom. The number of carboxylic acids is 1. The summed E-state index contributed by atoms with van der Waals surface area (Å²) in [5.41, 5.74) is 0.554. The smallest absolute Gasteiger partial charge is 0.304 e. The lowest BCUT2D eigenvalue weighted by atomic mass is 10.2. The second-order valence-corrected chi connectivity index (χ2v) is 3.30. The van der Waals surface area contributed by atoms with Crippen LogP contribution in [-0.2, 0) is 11.3 Å². The Morgan fingerprint density at radius 1 is 1.19 bits per heavy atom. The van der Waals surface area contributed by atoms with E-state index in [1.165, 1.54) is 12.1 Å². The predicted octanol–water partition coefficient (Wildman–Crippen LogP) is 0.368. The van der Waals surface area contributed by atoms with Gasteiger partial charge in [0.05, 0.1) is 6.42 Å². The van der Waals surface area contributed by atoms with Gasteiger partial charge in [0.15, 0.2) is 17.2 Å². The van der Waals surface area contributed by atoms with Gasteiger partial charge in [0.25, 0.3) is 0 Å². The van der Waals surface area contributed by atoms with Crippen LogP contribution in [0.5, 0.6) is 17.2 Å². The molecule has 88 valence electrons. The molecular weight excluding hydrogens is 214 g/mol. The normalized spacial score (nSPS) is 10.2. The number of hydrogen-bond acceptors (Lipinski definition) is 5. The van der Waals surface area contributed by atoms with Crippen LogP contribution in [-0.4, -0.2) is 32.9 Å². The number of benzene rings is 1. The second-order valence-electron chi connectivity index (χ2n) is 3.30. The van der Waals surface area contributed by atoms with E-state index in [9.17, 15) is 15.0 Å². The van der Waals surface area contributed by atoms with Crippen molar-refractivity contribution in [3.05, 3.63) is 17.7 Å². The molecule has 0 spiro atoms. The molecule has 6 heteroatoms. The first-order valence-corrected chi connectivity index (χ1v) is 4.67. The van der Waals surface area contributed by atoms with E-state index in [0.29, 0.717) is 12.1 Å². The summed E-state index contributed by atoms with van der Waals surface area (Å²) in [5, 5.41) is 38.7. The highest BCUT2D eigenvalue weighted by Crippen LogP contribution is 2.35. The summed E-state index contributed by atoms with van der Waals surface area (Å²) in [5.74, 6) is -2.27. The average molecular weight is 227 g/mol. The number of aliphatic carboxylic acids is 1. The zero-order valence-corrected chi connectivity index (χ0v) is 8.47. The van der Waals surface area contributed by atoms with Crippen LogP contribution in [0.4, 0.5) is 0 Å². The van der Waals surface area contributed by atoms with Gasteiger partial charge in [-0.2, -0.15) is 0 Å². The first kappa shape index (κ1) is 12.1. The maximum atomic E-state index is 10.2. The quantitative estimate of drug-likeness (QED) is 0.367. The molecule has 1 aromatic rings. The summed E-state index contributed by atoms with van der Waals surface area (Å²) in [6.07, 6.45) is -0.00392. The Labute approximate surface area is 91.8 Å². The lowest BCUT2D eigenvalue weighted by molar-refractivity contribution is -0.136. The van der Waals surface area contributed by atoms with Crippen LogP contribution in [0.25, 0.3) is 0 Å². The summed E-state index contributed by atoms with van der Waals surface area (Å²) < 4.78 is 0. The molecule has 0 aliphatic heterocycles. The molecule has 0 heterocycles. The predicted molar refractivity (Wildman–Crippen MR) is 55.4 cm³/mol. The number of rotatable bonds is 5. The molecule has 0 aliphatic carbocycles. The van der Waals surface area contributed by atoms with Gasteiger partial charge < -0.3 is 25.7 Å². The van der Waals surface area contributed by atoms with E-state index in [1.54, 1.807) is 0 Å². The van der Waals surface area contributed by atoms with Gasteiger partial charge >= 0.3 is 5.97 Å². The SMILES string of the molecule is O=C(O)CCNCc1cc(O)c(O)c(O)c1. The number of nitrogens with one attached hydrogen (secondary N) is 1. The lowest BCUT2D eigenvalue weighted by Crippen LogP contribution is -2.17. The number of carbonyl (C=O) groups is 1. The molecule has 0 atom stereocenters. The van der Waals surface area contributed by atoms with Gasteiger partial charge in [-0.1, -0.05) is 0 Å². The van der Waals surface area contributed by atoms with E-state index in [-0.39, 0.29) is 13.0 Å². The topological polar surface area (TPSA) is 110 Å². The Hall–Kier alpha value is -1.95. The second kappa shape index (κ2) is 5.22. The fraction of sp³-hybridized carbons (Fsp3) is 0.300. The monoisotopic (exact) mass is 227 g/mol. The van der Waals surface area contributed by atoms with Crippen molar-refractivity contribution in [1.29, 1.82) is 0 Å². The molecular formula is C10H13NO5. The van der Waals surface area contributed by atoms with Crippen molar-refractivity contribution in [1.82, 2.24) is 5.32 Å². The standard InChI is InChI=1S/C10H13NO5/c12-7-3-6(4-8(13)10(7)16)5-11-2-1-9(14)15/h3-4,11-13,16H,1-2,5H2,(H,14,15). The van der Waals surface area contributed by atoms with Crippen molar-refractivity contribution < 1.29 is 25.2 Å². The number of phenols is 3. The summed E-state index contributed by atoms with van der Waals surface area (Å²) in [4.78, 5) is 10.2. The molecule has 16 heavy (non-hydrogen) atoms. The third-order valence-corrected chi connectivity index (χ3v) is 1.97. The zero-order valence-electron chi connectivity index (χ0n) is 8.47. The van der Waals surface area contributed by atoms with Crippen molar-refractivity contribution >= 4 is 5.97 Å². The summed E-state index contributed by atoms with van der Waals surface area (Å²) in [6.45, 7) is 0.590. The molecule has 1 aromatic carbocycles. The molecule has 5 N–H and O–H groups in total. The third-order valence-electron chi connectivity index (χ3n) is 1.97. The fourth-order valence-corrected chi connectivity index (χ4v) is 1.19. The first-order valence-electron chi connectivity index (χ1n) is 4.67. The van der Waals surface area contributed by atoms with Crippen LogP contribution in [0.3, 0.4) is 0 Å². The van der Waals surface area contributed by atoms with Crippen molar-refractivity contribution in [2.75, 3.05) is 6.54 Å². The highest BCUT2D eigenvalue weighted by Gasteiger charge is 2.07. The largest absolute Gasteiger partial charge is 0.504 e. The minimum Gasteiger partial charge on any atom is -0.504 e. The number of hydrogen-bond donors (Lipinski definition) is 5. The molecule has 0 radical (unpaired) electrons. The molecule has 6 nitrogen and oxygen atoms in total. The van der Waals surface area contributed by atoms with Gasteiger partial charge in [0.2, 0.25) is 0 Å². The number of carboxylic acid groups (broad SMARTS) is 1. The fourth-order valence-electron chi connectivity index (χ4n) is 1.19. The molecule has 0 saturated carbocycles.